The molecule has 0 aliphatic rings. The first-order chi connectivity index (χ1) is 7.93. The van der Waals surface area contributed by atoms with Crippen LogP contribution in [0.4, 0.5) is 5.69 Å². The molecule has 0 bridgehead atoms. The number of hydrogen-bond acceptors (Lipinski definition) is 2. The van der Waals surface area contributed by atoms with Gasteiger partial charge in [0.05, 0.1) is 4.36 Å². The third kappa shape index (κ3) is 4.60. The lowest BCUT2D eigenvalue weighted by molar-refractivity contribution is -0.112. The maximum atomic E-state index is 11.7. The quantitative estimate of drug-likeness (QED) is 0.795. The van der Waals surface area contributed by atoms with Crippen LogP contribution in [-0.4, -0.2) is 12.2 Å². The summed E-state index contributed by atoms with van der Waals surface area (Å²) in [6.07, 6.45) is 1.72. The van der Waals surface area contributed by atoms with Crippen molar-refractivity contribution in [1.29, 1.82) is 0 Å². The summed E-state index contributed by atoms with van der Waals surface area (Å²) in [5.74, 6) is -0.510. The molecule has 0 aromatic heterocycles. The zero-order valence-corrected chi connectivity index (χ0v) is 12.4. The van der Waals surface area contributed by atoms with Crippen LogP contribution < -0.4 is 5.32 Å². The molecule has 0 spiro atoms. The first-order valence-corrected chi connectivity index (χ1v) is 7.04. The fraction of sp³-hybridized carbons (Fsp3) is 0.100. The summed E-state index contributed by atoms with van der Waals surface area (Å²) in [7, 11) is 0. The lowest BCUT2D eigenvalue weighted by atomic mass is 10.3. The van der Waals surface area contributed by atoms with Gasteiger partial charge in [-0.2, -0.15) is 0 Å². The number of carbonyl (C=O) groups excluding carboxylic acids is 1. The molecule has 1 N–H and O–H groups in total. The molecular formula is C10H7Cl4NOS. The second kappa shape index (κ2) is 6.76. The number of rotatable bonds is 3. The van der Waals surface area contributed by atoms with Gasteiger partial charge in [0.2, 0.25) is 0 Å². The number of hydrogen-bond donors (Lipinski definition) is 1. The van der Waals surface area contributed by atoms with Crippen LogP contribution in [0.15, 0.2) is 27.6 Å². The highest BCUT2D eigenvalue weighted by Gasteiger charge is 2.12. The first kappa shape index (κ1) is 15.0. The van der Waals surface area contributed by atoms with Crippen molar-refractivity contribution in [2.24, 2.45) is 0 Å². The SMILES string of the molecule is CSC(Cl)=C(Cl)C(=O)Nc1cc(Cl)cc(Cl)c1. The van der Waals surface area contributed by atoms with E-state index >= 15 is 0 Å². The highest BCUT2D eigenvalue weighted by molar-refractivity contribution is 8.04. The molecule has 2 nitrogen and oxygen atoms in total. The molecule has 0 aliphatic carbocycles. The van der Waals surface area contributed by atoms with Crippen molar-refractivity contribution in [1.82, 2.24) is 0 Å². The van der Waals surface area contributed by atoms with E-state index in [1.54, 1.807) is 24.5 Å². The van der Waals surface area contributed by atoms with Crippen LogP contribution in [-0.2, 0) is 4.79 Å². The molecule has 0 radical (unpaired) electrons. The summed E-state index contributed by atoms with van der Waals surface area (Å²) >= 11 is 24.3. The molecule has 0 fully saturated rings. The zero-order chi connectivity index (χ0) is 13.0. The molecule has 0 heterocycles. The minimum Gasteiger partial charge on any atom is -0.321 e. The highest BCUT2D eigenvalue weighted by atomic mass is 35.5. The van der Waals surface area contributed by atoms with Gasteiger partial charge < -0.3 is 5.32 Å². The Morgan fingerprint density at radius 1 is 1.18 bits per heavy atom. The van der Waals surface area contributed by atoms with Crippen molar-refractivity contribution >= 4 is 69.8 Å². The van der Waals surface area contributed by atoms with E-state index in [0.29, 0.717) is 15.7 Å². The van der Waals surface area contributed by atoms with Crippen LogP contribution in [0, 0.1) is 0 Å². The van der Waals surface area contributed by atoms with Crippen LogP contribution in [0.2, 0.25) is 10.0 Å². The average Bonchev–Trinajstić information content (AvgIpc) is 2.25. The predicted octanol–water partition coefficient (Wildman–Crippen LogP) is 4.94. The Labute approximate surface area is 123 Å². The van der Waals surface area contributed by atoms with E-state index in [4.69, 9.17) is 46.4 Å². The topological polar surface area (TPSA) is 29.1 Å². The Bertz CT molecular complexity index is 455. The van der Waals surface area contributed by atoms with Crippen molar-refractivity contribution in [3.05, 3.63) is 37.6 Å². The van der Waals surface area contributed by atoms with Gasteiger partial charge in [0.1, 0.15) is 5.03 Å². The Morgan fingerprint density at radius 3 is 2.18 bits per heavy atom. The molecule has 17 heavy (non-hydrogen) atoms. The second-order valence-electron chi connectivity index (χ2n) is 2.90. The van der Waals surface area contributed by atoms with Crippen molar-refractivity contribution in [2.45, 2.75) is 0 Å². The molecule has 0 saturated carbocycles. The van der Waals surface area contributed by atoms with Gasteiger partial charge in [-0.1, -0.05) is 46.4 Å². The van der Waals surface area contributed by atoms with Gasteiger partial charge in [-0.15, -0.1) is 11.8 Å². The lowest BCUT2D eigenvalue weighted by Crippen LogP contribution is -2.12. The van der Waals surface area contributed by atoms with Crippen molar-refractivity contribution < 1.29 is 4.79 Å². The monoisotopic (exact) mass is 329 g/mol. The minimum absolute atomic E-state index is 0.0738. The van der Waals surface area contributed by atoms with Gasteiger partial charge in [-0.3, -0.25) is 4.79 Å². The molecule has 0 saturated heterocycles. The maximum absolute atomic E-state index is 11.7. The van der Waals surface area contributed by atoms with E-state index < -0.39 is 5.91 Å². The third-order valence-electron chi connectivity index (χ3n) is 1.67. The van der Waals surface area contributed by atoms with Crippen LogP contribution >= 0.6 is 58.2 Å². The van der Waals surface area contributed by atoms with Crippen LogP contribution in [0.3, 0.4) is 0 Å². The van der Waals surface area contributed by atoms with E-state index in [2.05, 4.69) is 5.32 Å². The lowest BCUT2D eigenvalue weighted by Gasteiger charge is -2.06. The molecule has 0 unspecified atom stereocenters. The average molecular weight is 331 g/mol. The summed E-state index contributed by atoms with van der Waals surface area (Å²) in [6, 6.07) is 4.68. The Morgan fingerprint density at radius 2 is 1.71 bits per heavy atom. The van der Waals surface area contributed by atoms with Gasteiger partial charge in [-0.05, 0) is 24.5 Å². The summed E-state index contributed by atoms with van der Waals surface area (Å²) in [5, 5.41) is 3.31. The molecule has 1 aromatic rings. The van der Waals surface area contributed by atoms with Crippen molar-refractivity contribution in [2.75, 3.05) is 11.6 Å². The summed E-state index contributed by atoms with van der Waals surface area (Å²) in [5.41, 5.74) is 0.455. The Hall–Kier alpha value is -0.0600. The number of nitrogens with one attached hydrogen (secondary N) is 1. The maximum Gasteiger partial charge on any atom is 0.269 e. The van der Waals surface area contributed by atoms with Crippen LogP contribution in [0.25, 0.3) is 0 Å². The normalized spacial score (nSPS) is 12.1. The van der Waals surface area contributed by atoms with Crippen LogP contribution in [0.5, 0.6) is 0 Å². The largest absolute Gasteiger partial charge is 0.321 e. The van der Waals surface area contributed by atoms with E-state index in [-0.39, 0.29) is 9.40 Å². The van der Waals surface area contributed by atoms with Gasteiger partial charge in [0, 0.05) is 15.7 Å². The van der Waals surface area contributed by atoms with Gasteiger partial charge in [0.15, 0.2) is 0 Å². The first-order valence-electron chi connectivity index (χ1n) is 4.30. The molecule has 0 atom stereocenters. The number of carbonyl (C=O) groups is 1. The van der Waals surface area contributed by atoms with Gasteiger partial charge >= 0.3 is 0 Å². The molecule has 0 aliphatic heterocycles. The molecule has 1 rings (SSSR count). The molecule has 7 heteroatoms. The number of anilines is 1. The fourth-order valence-corrected chi connectivity index (χ4v) is 2.15. The minimum atomic E-state index is -0.510. The predicted molar refractivity (Wildman–Crippen MR) is 77.3 cm³/mol. The summed E-state index contributed by atoms with van der Waals surface area (Å²) < 4.78 is 0.220. The van der Waals surface area contributed by atoms with Gasteiger partial charge in [-0.25, -0.2) is 0 Å². The Kier molecular flexibility index (Phi) is 5.97. The van der Waals surface area contributed by atoms with E-state index in [1.165, 1.54) is 11.8 Å². The molecule has 1 amide bonds. The molecule has 92 valence electrons. The van der Waals surface area contributed by atoms with Gasteiger partial charge in [0.25, 0.3) is 5.91 Å². The number of halogens is 4. The standard InChI is InChI=1S/C10H7Cl4NOS/c1-17-9(14)8(13)10(16)15-7-3-5(11)2-6(12)4-7/h2-4H,1H3,(H,15,16). The fourth-order valence-electron chi connectivity index (χ4n) is 0.991. The third-order valence-corrected chi connectivity index (χ3v) is 3.89. The zero-order valence-electron chi connectivity index (χ0n) is 8.56. The van der Waals surface area contributed by atoms with E-state index in [1.807, 2.05) is 0 Å². The molecule has 1 aromatic carbocycles. The highest BCUT2D eigenvalue weighted by Crippen LogP contribution is 2.26. The van der Waals surface area contributed by atoms with Crippen molar-refractivity contribution in [3.8, 4) is 0 Å². The summed E-state index contributed by atoms with van der Waals surface area (Å²) in [6.45, 7) is 0. The van der Waals surface area contributed by atoms with Crippen LogP contribution in [0.1, 0.15) is 0 Å². The number of amides is 1. The van der Waals surface area contributed by atoms with Crippen molar-refractivity contribution in [3.63, 3.8) is 0 Å². The second-order valence-corrected chi connectivity index (χ2v) is 5.57. The number of benzene rings is 1. The summed E-state index contributed by atoms with van der Waals surface area (Å²) in [4.78, 5) is 11.7. The number of thioether (sulfide) groups is 1. The smallest absolute Gasteiger partial charge is 0.269 e. The Balaban J connectivity index is 2.88. The van der Waals surface area contributed by atoms with E-state index in [0.717, 1.165) is 0 Å². The molecular weight excluding hydrogens is 324 g/mol. The van der Waals surface area contributed by atoms with E-state index in [9.17, 15) is 4.79 Å².